The predicted molar refractivity (Wildman–Crippen MR) is 101 cm³/mol. The Morgan fingerprint density at radius 3 is 2.28 bits per heavy atom. The number of benzene rings is 1. The van der Waals surface area contributed by atoms with Crippen LogP contribution in [0.5, 0.6) is 0 Å². The number of hydrogen-bond donors (Lipinski definition) is 1. The molecule has 0 unspecified atom stereocenters. The molecule has 1 fully saturated rings. The van der Waals surface area contributed by atoms with Gasteiger partial charge in [-0.25, -0.2) is 0 Å². The van der Waals surface area contributed by atoms with Gasteiger partial charge >= 0.3 is 0 Å². The van der Waals surface area contributed by atoms with Crippen LogP contribution >= 0.6 is 0 Å². The molecule has 6 nitrogen and oxygen atoms in total. The van der Waals surface area contributed by atoms with Gasteiger partial charge in [0.05, 0.1) is 13.1 Å². The first kappa shape index (κ1) is 19.4. The average Bonchev–Trinajstić information content (AvgIpc) is 2.75. The van der Waals surface area contributed by atoms with Gasteiger partial charge in [-0.05, 0) is 45.0 Å². The van der Waals surface area contributed by atoms with Crippen molar-refractivity contribution in [1.82, 2.24) is 14.7 Å². The summed E-state index contributed by atoms with van der Waals surface area (Å²) in [5, 5.41) is 3.01. The maximum atomic E-state index is 12.4. The van der Waals surface area contributed by atoms with Gasteiger partial charge in [0, 0.05) is 32.9 Å². The number of carbonyl (C=O) groups excluding carboxylic acids is 2. The molecule has 138 valence electrons. The summed E-state index contributed by atoms with van der Waals surface area (Å²) in [5.74, 6) is 0.144. The monoisotopic (exact) mass is 346 g/mol. The summed E-state index contributed by atoms with van der Waals surface area (Å²) < 4.78 is 0. The molecule has 1 aliphatic rings. The number of aryl methyl sites for hydroxylation is 2. The van der Waals surface area contributed by atoms with E-state index >= 15 is 0 Å². The highest BCUT2D eigenvalue weighted by atomic mass is 16.2. The molecule has 0 spiro atoms. The number of nitrogens with one attached hydrogen (secondary N) is 1. The summed E-state index contributed by atoms with van der Waals surface area (Å²) in [6.45, 7) is 8.30. The molecule has 0 aliphatic carbocycles. The number of anilines is 1. The number of hydrogen-bond acceptors (Lipinski definition) is 4. The van der Waals surface area contributed by atoms with Crippen LogP contribution in [-0.4, -0.2) is 79.9 Å². The maximum absolute atomic E-state index is 12.4. The average molecular weight is 346 g/mol. The van der Waals surface area contributed by atoms with Gasteiger partial charge in [-0.1, -0.05) is 17.7 Å². The zero-order valence-electron chi connectivity index (χ0n) is 15.8. The number of rotatable bonds is 5. The molecular formula is C19H30N4O2. The molecule has 2 amide bonds. The first-order valence-electron chi connectivity index (χ1n) is 8.87. The van der Waals surface area contributed by atoms with Crippen LogP contribution in [0.1, 0.15) is 17.5 Å². The summed E-state index contributed by atoms with van der Waals surface area (Å²) in [6.07, 6.45) is 0.970. The summed E-state index contributed by atoms with van der Waals surface area (Å²) in [5.41, 5.74) is 3.15. The Bertz CT molecular complexity index is 615. The molecule has 1 N–H and O–H groups in total. The van der Waals surface area contributed by atoms with Crippen LogP contribution in [0.3, 0.4) is 0 Å². The van der Waals surface area contributed by atoms with Crippen molar-refractivity contribution in [2.45, 2.75) is 20.3 Å². The third kappa shape index (κ3) is 6.14. The van der Waals surface area contributed by atoms with Crippen molar-refractivity contribution in [3.05, 3.63) is 29.3 Å². The topological polar surface area (TPSA) is 55.9 Å². The van der Waals surface area contributed by atoms with Gasteiger partial charge in [0.25, 0.3) is 0 Å². The molecule has 0 bridgehead atoms. The fraction of sp³-hybridized carbons (Fsp3) is 0.579. The molecule has 6 heteroatoms. The minimum Gasteiger partial charge on any atom is -0.348 e. The Balaban J connectivity index is 1.82. The Labute approximate surface area is 150 Å². The fourth-order valence-electron chi connectivity index (χ4n) is 3.02. The predicted octanol–water partition coefficient (Wildman–Crippen LogP) is 1.34. The highest BCUT2D eigenvalue weighted by Gasteiger charge is 2.19. The van der Waals surface area contributed by atoms with Crippen LogP contribution in [0.25, 0.3) is 0 Å². The van der Waals surface area contributed by atoms with E-state index in [0.29, 0.717) is 13.1 Å². The first-order chi connectivity index (χ1) is 11.8. The lowest BCUT2D eigenvalue weighted by Crippen LogP contribution is -2.39. The summed E-state index contributed by atoms with van der Waals surface area (Å²) in [7, 11) is 3.56. The van der Waals surface area contributed by atoms with Crippen LogP contribution in [0.4, 0.5) is 5.69 Å². The van der Waals surface area contributed by atoms with E-state index in [2.05, 4.69) is 21.2 Å². The summed E-state index contributed by atoms with van der Waals surface area (Å²) in [4.78, 5) is 30.2. The Kier molecular flexibility index (Phi) is 6.96. The van der Waals surface area contributed by atoms with Crippen molar-refractivity contribution in [1.29, 1.82) is 0 Å². The van der Waals surface area contributed by atoms with Gasteiger partial charge in [0.2, 0.25) is 11.8 Å². The highest BCUT2D eigenvalue weighted by molar-refractivity contribution is 5.93. The number of nitrogens with zero attached hydrogens (tertiary/aromatic N) is 3. The lowest BCUT2D eigenvalue weighted by atomic mass is 10.1. The molecule has 1 aliphatic heterocycles. The maximum Gasteiger partial charge on any atom is 0.238 e. The lowest BCUT2D eigenvalue weighted by Gasteiger charge is -2.22. The van der Waals surface area contributed by atoms with E-state index < -0.39 is 0 Å². The molecule has 1 heterocycles. The van der Waals surface area contributed by atoms with Crippen molar-refractivity contribution >= 4 is 17.5 Å². The van der Waals surface area contributed by atoms with Gasteiger partial charge in [0.15, 0.2) is 0 Å². The molecule has 0 atom stereocenters. The normalized spacial score (nSPS) is 16.3. The lowest BCUT2D eigenvalue weighted by molar-refractivity contribution is -0.129. The van der Waals surface area contributed by atoms with E-state index in [1.165, 1.54) is 5.56 Å². The van der Waals surface area contributed by atoms with E-state index in [9.17, 15) is 9.59 Å². The third-order valence-electron chi connectivity index (χ3n) is 4.56. The molecule has 2 rings (SSSR count). The van der Waals surface area contributed by atoms with Gasteiger partial charge < -0.3 is 10.2 Å². The SMILES string of the molecule is Cc1ccc(NC(=O)CN2CCCN(CC(=O)N(C)C)CC2)c(C)c1. The summed E-state index contributed by atoms with van der Waals surface area (Å²) >= 11 is 0. The Hall–Kier alpha value is -1.92. The van der Waals surface area contributed by atoms with Crippen molar-refractivity contribution in [3.8, 4) is 0 Å². The van der Waals surface area contributed by atoms with Crippen molar-refractivity contribution in [3.63, 3.8) is 0 Å². The number of amides is 2. The summed E-state index contributed by atoms with van der Waals surface area (Å²) in [6, 6.07) is 6.04. The van der Waals surface area contributed by atoms with E-state index in [4.69, 9.17) is 0 Å². The van der Waals surface area contributed by atoms with E-state index in [-0.39, 0.29) is 11.8 Å². The van der Waals surface area contributed by atoms with E-state index in [1.54, 1.807) is 19.0 Å². The second kappa shape index (κ2) is 8.97. The minimum atomic E-state index is 0.0183. The van der Waals surface area contributed by atoms with Gasteiger partial charge in [0.1, 0.15) is 0 Å². The number of likely N-dealkylation sites (N-methyl/N-ethyl adjacent to an activating group) is 1. The quantitative estimate of drug-likeness (QED) is 0.874. The smallest absolute Gasteiger partial charge is 0.238 e. The van der Waals surface area contributed by atoms with Gasteiger partial charge in [-0.15, -0.1) is 0 Å². The number of carbonyl (C=O) groups is 2. The zero-order valence-corrected chi connectivity index (χ0v) is 15.8. The molecule has 0 aromatic heterocycles. The molecule has 1 aromatic carbocycles. The Morgan fingerprint density at radius 1 is 1.04 bits per heavy atom. The van der Waals surface area contributed by atoms with Gasteiger partial charge in [-0.3, -0.25) is 19.4 Å². The minimum absolute atomic E-state index is 0.0183. The van der Waals surface area contributed by atoms with E-state index in [1.807, 2.05) is 26.0 Å². The van der Waals surface area contributed by atoms with Crippen LogP contribution < -0.4 is 5.32 Å². The van der Waals surface area contributed by atoms with Crippen molar-refractivity contribution in [2.24, 2.45) is 0 Å². The first-order valence-corrected chi connectivity index (χ1v) is 8.87. The fourth-order valence-corrected chi connectivity index (χ4v) is 3.02. The second-order valence-electron chi connectivity index (χ2n) is 7.06. The van der Waals surface area contributed by atoms with Crippen LogP contribution in [-0.2, 0) is 9.59 Å². The largest absolute Gasteiger partial charge is 0.348 e. The Morgan fingerprint density at radius 2 is 1.68 bits per heavy atom. The molecular weight excluding hydrogens is 316 g/mol. The van der Waals surface area contributed by atoms with Crippen molar-refractivity contribution < 1.29 is 9.59 Å². The standard InChI is InChI=1S/C19H30N4O2/c1-15-6-7-17(16(2)12-15)20-18(24)13-22-8-5-9-23(11-10-22)14-19(25)21(3)4/h6-7,12H,5,8-11,13-14H2,1-4H3,(H,20,24). The molecule has 25 heavy (non-hydrogen) atoms. The van der Waals surface area contributed by atoms with Gasteiger partial charge in [-0.2, -0.15) is 0 Å². The third-order valence-corrected chi connectivity index (χ3v) is 4.56. The van der Waals surface area contributed by atoms with Crippen LogP contribution in [0, 0.1) is 13.8 Å². The second-order valence-corrected chi connectivity index (χ2v) is 7.06. The molecule has 0 saturated carbocycles. The molecule has 1 saturated heterocycles. The highest BCUT2D eigenvalue weighted by Crippen LogP contribution is 2.16. The van der Waals surface area contributed by atoms with Crippen molar-refractivity contribution in [2.75, 3.05) is 58.7 Å². The molecule has 0 radical (unpaired) electrons. The van der Waals surface area contributed by atoms with E-state index in [0.717, 1.165) is 43.9 Å². The van der Waals surface area contributed by atoms with Crippen LogP contribution in [0.15, 0.2) is 18.2 Å². The molecule has 1 aromatic rings. The zero-order chi connectivity index (χ0) is 18.4. The van der Waals surface area contributed by atoms with Crippen LogP contribution in [0.2, 0.25) is 0 Å².